The summed E-state index contributed by atoms with van der Waals surface area (Å²) in [6.07, 6.45) is 3.59. The third-order valence-electron chi connectivity index (χ3n) is 3.13. The Kier molecular flexibility index (Phi) is 5.26. The maximum atomic E-state index is 11.7. The van der Waals surface area contributed by atoms with Crippen molar-refractivity contribution >= 4 is 5.78 Å². The topological polar surface area (TPSA) is 29.5 Å². The van der Waals surface area contributed by atoms with Crippen LogP contribution in [0.4, 0.5) is 0 Å². The predicted molar refractivity (Wildman–Crippen MR) is 60.9 cm³/mol. The van der Waals surface area contributed by atoms with Crippen LogP contribution in [0.15, 0.2) is 0 Å². The van der Waals surface area contributed by atoms with E-state index in [1.54, 1.807) is 0 Å². The standard InChI is InChI=1S/C12H23NO2/c1-4-10(2)12(14)9-13(3)8-11-6-5-7-15-11/h10-11H,4-9H2,1-3H3. The van der Waals surface area contributed by atoms with Gasteiger partial charge in [0.25, 0.3) is 0 Å². The second kappa shape index (κ2) is 6.23. The molecule has 0 amide bonds. The molecule has 1 saturated heterocycles. The fraction of sp³-hybridized carbons (Fsp3) is 0.917. The molecule has 0 aromatic carbocycles. The van der Waals surface area contributed by atoms with Crippen molar-refractivity contribution in [2.45, 2.75) is 39.2 Å². The normalized spacial score (nSPS) is 23.3. The SMILES string of the molecule is CCC(C)C(=O)CN(C)CC1CCCO1. The fourth-order valence-corrected chi connectivity index (χ4v) is 1.85. The largest absolute Gasteiger partial charge is 0.377 e. The lowest BCUT2D eigenvalue weighted by molar-refractivity contribution is -0.123. The van der Waals surface area contributed by atoms with Crippen molar-refractivity contribution in [3.8, 4) is 0 Å². The van der Waals surface area contributed by atoms with Gasteiger partial charge in [-0.2, -0.15) is 0 Å². The molecule has 2 unspecified atom stereocenters. The van der Waals surface area contributed by atoms with Gasteiger partial charge >= 0.3 is 0 Å². The van der Waals surface area contributed by atoms with E-state index >= 15 is 0 Å². The molecule has 0 saturated carbocycles. The van der Waals surface area contributed by atoms with Gasteiger partial charge in [-0.25, -0.2) is 0 Å². The van der Waals surface area contributed by atoms with E-state index < -0.39 is 0 Å². The highest BCUT2D eigenvalue weighted by Gasteiger charge is 2.19. The molecule has 1 rings (SSSR count). The number of rotatable bonds is 6. The van der Waals surface area contributed by atoms with Gasteiger partial charge in [0.1, 0.15) is 5.78 Å². The van der Waals surface area contributed by atoms with Crippen LogP contribution in [0.2, 0.25) is 0 Å². The summed E-state index contributed by atoms with van der Waals surface area (Å²) in [5.74, 6) is 0.537. The lowest BCUT2D eigenvalue weighted by atomic mass is 10.0. The maximum absolute atomic E-state index is 11.7. The average molecular weight is 213 g/mol. The molecule has 1 heterocycles. The Morgan fingerprint density at radius 2 is 2.33 bits per heavy atom. The molecule has 0 bridgehead atoms. The number of carbonyl (C=O) groups excluding carboxylic acids is 1. The van der Waals surface area contributed by atoms with Gasteiger partial charge in [-0.3, -0.25) is 9.69 Å². The van der Waals surface area contributed by atoms with Crippen LogP contribution in [0.25, 0.3) is 0 Å². The van der Waals surface area contributed by atoms with Crippen molar-refractivity contribution < 1.29 is 9.53 Å². The van der Waals surface area contributed by atoms with Crippen LogP contribution in [0, 0.1) is 5.92 Å². The van der Waals surface area contributed by atoms with Crippen LogP contribution in [0.1, 0.15) is 33.1 Å². The molecule has 0 spiro atoms. The Bertz CT molecular complexity index is 200. The molecular formula is C12H23NO2. The van der Waals surface area contributed by atoms with Gasteiger partial charge in [0.15, 0.2) is 0 Å². The van der Waals surface area contributed by atoms with E-state index in [0.29, 0.717) is 18.4 Å². The molecule has 1 aliphatic rings. The van der Waals surface area contributed by atoms with Crippen LogP contribution in [0.3, 0.4) is 0 Å². The van der Waals surface area contributed by atoms with Crippen molar-refractivity contribution in [1.29, 1.82) is 0 Å². The molecule has 0 aliphatic carbocycles. The molecule has 15 heavy (non-hydrogen) atoms. The van der Waals surface area contributed by atoms with Crippen LogP contribution in [-0.2, 0) is 9.53 Å². The Balaban J connectivity index is 2.22. The van der Waals surface area contributed by atoms with Crippen LogP contribution >= 0.6 is 0 Å². The minimum atomic E-state index is 0.192. The summed E-state index contributed by atoms with van der Waals surface area (Å²) in [6, 6.07) is 0. The molecule has 2 atom stereocenters. The van der Waals surface area contributed by atoms with Crippen molar-refractivity contribution in [2.24, 2.45) is 5.92 Å². The predicted octanol–water partition coefficient (Wildman–Crippen LogP) is 1.71. The molecule has 1 aliphatic heterocycles. The zero-order valence-corrected chi connectivity index (χ0v) is 10.2. The van der Waals surface area contributed by atoms with Gasteiger partial charge < -0.3 is 4.74 Å². The third-order valence-corrected chi connectivity index (χ3v) is 3.13. The Morgan fingerprint density at radius 3 is 2.87 bits per heavy atom. The van der Waals surface area contributed by atoms with E-state index in [2.05, 4.69) is 11.8 Å². The molecule has 3 heteroatoms. The number of nitrogens with zero attached hydrogens (tertiary/aromatic N) is 1. The van der Waals surface area contributed by atoms with Crippen LogP contribution in [-0.4, -0.2) is 43.5 Å². The smallest absolute Gasteiger partial charge is 0.149 e. The zero-order chi connectivity index (χ0) is 11.3. The van der Waals surface area contributed by atoms with Crippen LogP contribution in [0.5, 0.6) is 0 Å². The number of hydrogen-bond donors (Lipinski definition) is 0. The Morgan fingerprint density at radius 1 is 1.60 bits per heavy atom. The molecule has 3 nitrogen and oxygen atoms in total. The van der Waals surface area contributed by atoms with Crippen molar-refractivity contribution in [1.82, 2.24) is 4.90 Å². The quantitative estimate of drug-likeness (QED) is 0.672. The number of hydrogen-bond acceptors (Lipinski definition) is 3. The average Bonchev–Trinajstić information content (AvgIpc) is 2.68. The Hall–Kier alpha value is -0.410. The van der Waals surface area contributed by atoms with Crippen LogP contribution < -0.4 is 0 Å². The van der Waals surface area contributed by atoms with Gasteiger partial charge in [-0.1, -0.05) is 13.8 Å². The van der Waals surface area contributed by atoms with E-state index in [1.165, 1.54) is 0 Å². The summed E-state index contributed by atoms with van der Waals surface area (Å²) in [7, 11) is 2.00. The minimum absolute atomic E-state index is 0.192. The van der Waals surface area contributed by atoms with Gasteiger partial charge in [-0.05, 0) is 26.3 Å². The van der Waals surface area contributed by atoms with Crippen molar-refractivity contribution in [3.05, 3.63) is 0 Å². The van der Waals surface area contributed by atoms with E-state index in [9.17, 15) is 4.79 Å². The summed E-state index contributed by atoms with van der Waals surface area (Å²) in [5.41, 5.74) is 0. The molecule has 88 valence electrons. The van der Waals surface area contributed by atoms with E-state index in [1.807, 2.05) is 14.0 Å². The number of carbonyl (C=O) groups is 1. The number of Topliss-reactive ketones (excluding diaryl/α,β-unsaturated/α-hetero) is 1. The summed E-state index contributed by atoms with van der Waals surface area (Å²) < 4.78 is 5.54. The third kappa shape index (κ3) is 4.31. The molecule has 0 N–H and O–H groups in total. The first-order chi connectivity index (χ1) is 7.13. The molecule has 1 fully saturated rings. The maximum Gasteiger partial charge on any atom is 0.149 e. The first kappa shape index (κ1) is 12.7. The summed E-state index contributed by atoms with van der Waals surface area (Å²) >= 11 is 0. The zero-order valence-electron chi connectivity index (χ0n) is 10.2. The molecular weight excluding hydrogens is 190 g/mol. The lowest BCUT2D eigenvalue weighted by Crippen LogP contribution is -2.34. The first-order valence-electron chi connectivity index (χ1n) is 5.96. The summed E-state index contributed by atoms with van der Waals surface area (Å²) in [4.78, 5) is 13.8. The monoisotopic (exact) mass is 213 g/mol. The number of ketones is 1. The second-order valence-electron chi connectivity index (χ2n) is 4.61. The highest BCUT2D eigenvalue weighted by Crippen LogP contribution is 2.13. The van der Waals surface area contributed by atoms with Crippen molar-refractivity contribution in [2.75, 3.05) is 26.7 Å². The highest BCUT2D eigenvalue weighted by molar-refractivity contribution is 5.82. The molecule has 0 aromatic rings. The van der Waals surface area contributed by atoms with E-state index in [4.69, 9.17) is 4.74 Å². The van der Waals surface area contributed by atoms with Gasteiger partial charge in [0, 0.05) is 19.1 Å². The molecule has 0 aromatic heterocycles. The van der Waals surface area contributed by atoms with Gasteiger partial charge in [-0.15, -0.1) is 0 Å². The Labute approximate surface area is 92.8 Å². The molecule has 0 radical (unpaired) electrons. The van der Waals surface area contributed by atoms with Gasteiger partial charge in [0.2, 0.25) is 0 Å². The fourth-order valence-electron chi connectivity index (χ4n) is 1.85. The van der Waals surface area contributed by atoms with Gasteiger partial charge in [0.05, 0.1) is 12.6 Å². The lowest BCUT2D eigenvalue weighted by Gasteiger charge is -2.21. The van der Waals surface area contributed by atoms with E-state index in [0.717, 1.165) is 32.4 Å². The summed E-state index contributed by atoms with van der Waals surface area (Å²) in [5, 5.41) is 0. The van der Waals surface area contributed by atoms with E-state index in [-0.39, 0.29) is 5.92 Å². The highest BCUT2D eigenvalue weighted by atomic mass is 16.5. The second-order valence-corrected chi connectivity index (χ2v) is 4.61. The summed E-state index contributed by atoms with van der Waals surface area (Å²) in [6.45, 7) is 6.40. The first-order valence-corrected chi connectivity index (χ1v) is 5.96. The minimum Gasteiger partial charge on any atom is -0.377 e. The van der Waals surface area contributed by atoms with Crippen molar-refractivity contribution in [3.63, 3.8) is 0 Å². The number of ether oxygens (including phenoxy) is 1. The number of likely N-dealkylation sites (N-methyl/N-ethyl adjacent to an activating group) is 1.